The van der Waals surface area contributed by atoms with Crippen LogP contribution in [0, 0.1) is 0 Å². The number of rotatable bonds is 0. The van der Waals surface area contributed by atoms with E-state index in [9.17, 15) is 0 Å². The Bertz CT molecular complexity index is 222. The average Bonchev–Trinajstić information content (AvgIpc) is 2.28. The second-order valence-electron chi connectivity index (χ2n) is 2.74. The lowest BCUT2D eigenvalue weighted by atomic mass is 10.2. The second-order valence-corrected chi connectivity index (χ2v) is 2.74. The van der Waals surface area contributed by atoms with Gasteiger partial charge in [-0.15, -0.1) is 0 Å². The Labute approximate surface area is 65.9 Å². The number of anilines is 1. The van der Waals surface area contributed by atoms with Crippen molar-refractivity contribution >= 4 is 5.82 Å². The number of nitrogens with zero attached hydrogens (tertiary/aromatic N) is 2. The highest BCUT2D eigenvalue weighted by atomic mass is 15.0. The summed E-state index contributed by atoms with van der Waals surface area (Å²) in [6.07, 6.45) is 7.00. The summed E-state index contributed by atoms with van der Waals surface area (Å²) in [5.41, 5.74) is 1.12. The normalized spacial score (nSPS) is 16.4. The molecule has 0 aliphatic carbocycles. The van der Waals surface area contributed by atoms with Gasteiger partial charge in [-0.2, -0.15) is 0 Å². The van der Waals surface area contributed by atoms with Crippen LogP contribution >= 0.6 is 0 Å². The van der Waals surface area contributed by atoms with Crippen LogP contribution in [0.5, 0.6) is 0 Å². The van der Waals surface area contributed by atoms with Crippen LogP contribution in [0.3, 0.4) is 0 Å². The van der Waals surface area contributed by atoms with Crippen LogP contribution < -0.4 is 5.32 Å². The second kappa shape index (κ2) is 2.86. The van der Waals surface area contributed by atoms with Gasteiger partial charge in [-0.3, -0.25) is 4.98 Å². The van der Waals surface area contributed by atoms with Crippen LogP contribution in [-0.4, -0.2) is 16.5 Å². The Kier molecular flexibility index (Phi) is 1.71. The summed E-state index contributed by atoms with van der Waals surface area (Å²) in [7, 11) is 0. The van der Waals surface area contributed by atoms with Gasteiger partial charge in [0, 0.05) is 18.9 Å². The Morgan fingerprint density at radius 1 is 1.18 bits per heavy atom. The minimum absolute atomic E-state index is 0.977. The lowest BCUT2D eigenvalue weighted by molar-refractivity contribution is 0.774. The van der Waals surface area contributed by atoms with Crippen molar-refractivity contribution in [2.24, 2.45) is 0 Å². The van der Waals surface area contributed by atoms with Crippen molar-refractivity contribution in [1.82, 2.24) is 9.97 Å². The smallest absolute Gasteiger partial charge is 0.147 e. The van der Waals surface area contributed by atoms with Gasteiger partial charge in [0.25, 0.3) is 0 Å². The van der Waals surface area contributed by atoms with Gasteiger partial charge in [0.2, 0.25) is 0 Å². The lowest BCUT2D eigenvalue weighted by Gasteiger charge is -2.02. The lowest BCUT2D eigenvalue weighted by Crippen LogP contribution is -2.02. The molecule has 3 heteroatoms. The molecule has 0 radical (unpaired) electrons. The van der Waals surface area contributed by atoms with Crippen molar-refractivity contribution in [3.05, 3.63) is 18.1 Å². The van der Waals surface area contributed by atoms with E-state index in [4.69, 9.17) is 0 Å². The molecule has 0 fully saturated rings. The van der Waals surface area contributed by atoms with E-state index in [-0.39, 0.29) is 0 Å². The van der Waals surface area contributed by atoms with E-state index in [1.165, 1.54) is 12.8 Å². The molecule has 3 nitrogen and oxygen atoms in total. The predicted octanol–water partition coefficient (Wildman–Crippen LogP) is 1.22. The first kappa shape index (κ1) is 6.58. The van der Waals surface area contributed by atoms with Gasteiger partial charge in [0.05, 0.1) is 5.69 Å². The molecule has 2 rings (SSSR count). The van der Waals surface area contributed by atoms with Crippen LogP contribution in [0.25, 0.3) is 0 Å². The fraction of sp³-hybridized carbons (Fsp3) is 0.500. The SMILES string of the molecule is c1cnc2c(n1)CCCCN2. The van der Waals surface area contributed by atoms with Gasteiger partial charge >= 0.3 is 0 Å². The van der Waals surface area contributed by atoms with E-state index < -0.39 is 0 Å². The summed E-state index contributed by atoms with van der Waals surface area (Å²) in [4.78, 5) is 8.46. The first-order chi connectivity index (χ1) is 5.47. The maximum Gasteiger partial charge on any atom is 0.147 e. The molecule has 58 valence electrons. The van der Waals surface area contributed by atoms with Gasteiger partial charge in [-0.25, -0.2) is 4.98 Å². The van der Waals surface area contributed by atoms with E-state index >= 15 is 0 Å². The number of hydrogen-bond acceptors (Lipinski definition) is 3. The average molecular weight is 149 g/mol. The fourth-order valence-electron chi connectivity index (χ4n) is 1.32. The zero-order chi connectivity index (χ0) is 7.52. The largest absolute Gasteiger partial charge is 0.369 e. The Hall–Kier alpha value is -1.12. The van der Waals surface area contributed by atoms with E-state index in [2.05, 4.69) is 15.3 Å². The Balaban J connectivity index is 2.33. The third kappa shape index (κ3) is 1.31. The van der Waals surface area contributed by atoms with Gasteiger partial charge in [0.1, 0.15) is 5.82 Å². The van der Waals surface area contributed by atoms with Crippen LogP contribution in [0.15, 0.2) is 12.4 Å². The fourth-order valence-corrected chi connectivity index (χ4v) is 1.32. The van der Waals surface area contributed by atoms with Gasteiger partial charge in [-0.05, 0) is 19.3 Å². The number of hydrogen-bond donors (Lipinski definition) is 1. The first-order valence-electron chi connectivity index (χ1n) is 4.00. The standard InChI is InChI=1S/C8H11N3/c1-2-4-10-8-7(3-1)9-5-6-11-8/h5-6H,1-4H2,(H,10,11). The van der Waals surface area contributed by atoms with Crippen molar-refractivity contribution < 1.29 is 0 Å². The van der Waals surface area contributed by atoms with E-state index in [0.29, 0.717) is 0 Å². The number of aromatic nitrogens is 2. The molecule has 1 aromatic heterocycles. The highest BCUT2D eigenvalue weighted by Crippen LogP contribution is 2.14. The van der Waals surface area contributed by atoms with Crippen LogP contribution in [0.4, 0.5) is 5.82 Å². The van der Waals surface area contributed by atoms with Gasteiger partial charge < -0.3 is 5.32 Å². The van der Waals surface area contributed by atoms with Gasteiger partial charge in [0.15, 0.2) is 0 Å². The number of fused-ring (bicyclic) bond motifs is 1. The maximum atomic E-state index is 4.25. The monoisotopic (exact) mass is 149 g/mol. The van der Waals surface area contributed by atoms with E-state index in [1.54, 1.807) is 12.4 Å². The summed E-state index contributed by atoms with van der Waals surface area (Å²) < 4.78 is 0. The molecule has 0 amide bonds. The van der Waals surface area contributed by atoms with Crippen molar-refractivity contribution in [2.45, 2.75) is 19.3 Å². The predicted molar refractivity (Wildman–Crippen MR) is 43.5 cm³/mol. The molecule has 1 N–H and O–H groups in total. The first-order valence-corrected chi connectivity index (χ1v) is 4.00. The molecular weight excluding hydrogens is 138 g/mol. The molecule has 0 bridgehead atoms. The minimum atomic E-state index is 0.977. The van der Waals surface area contributed by atoms with Crippen molar-refractivity contribution in [3.8, 4) is 0 Å². The molecule has 11 heavy (non-hydrogen) atoms. The molecule has 1 aromatic rings. The Morgan fingerprint density at radius 3 is 3.09 bits per heavy atom. The van der Waals surface area contributed by atoms with Crippen molar-refractivity contribution in [1.29, 1.82) is 0 Å². The summed E-state index contributed by atoms with van der Waals surface area (Å²) >= 11 is 0. The molecule has 0 unspecified atom stereocenters. The number of nitrogens with one attached hydrogen (secondary N) is 1. The summed E-state index contributed by atoms with van der Waals surface area (Å²) in [5.74, 6) is 0.977. The Morgan fingerprint density at radius 2 is 2.09 bits per heavy atom. The maximum absolute atomic E-state index is 4.25. The van der Waals surface area contributed by atoms with Crippen LogP contribution in [0.1, 0.15) is 18.5 Å². The molecule has 0 atom stereocenters. The van der Waals surface area contributed by atoms with E-state index in [1.807, 2.05) is 0 Å². The molecule has 2 heterocycles. The molecule has 0 saturated carbocycles. The highest BCUT2D eigenvalue weighted by molar-refractivity contribution is 5.40. The molecule has 0 aromatic carbocycles. The molecular formula is C8H11N3. The molecule has 0 saturated heterocycles. The van der Waals surface area contributed by atoms with Crippen LogP contribution in [-0.2, 0) is 6.42 Å². The number of aryl methyl sites for hydroxylation is 1. The van der Waals surface area contributed by atoms with E-state index in [0.717, 1.165) is 24.5 Å². The molecule has 1 aliphatic rings. The highest BCUT2D eigenvalue weighted by Gasteiger charge is 2.07. The van der Waals surface area contributed by atoms with Crippen molar-refractivity contribution in [2.75, 3.05) is 11.9 Å². The van der Waals surface area contributed by atoms with Gasteiger partial charge in [-0.1, -0.05) is 0 Å². The zero-order valence-corrected chi connectivity index (χ0v) is 6.38. The summed E-state index contributed by atoms with van der Waals surface area (Å²) in [6.45, 7) is 1.03. The summed E-state index contributed by atoms with van der Waals surface area (Å²) in [5, 5.41) is 3.25. The summed E-state index contributed by atoms with van der Waals surface area (Å²) in [6, 6.07) is 0. The third-order valence-electron chi connectivity index (χ3n) is 1.91. The molecule has 0 spiro atoms. The third-order valence-corrected chi connectivity index (χ3v) is 1.91. The van der Waals surface area contributed by atoms with Crippen molar-refractivity contribution in [3.63, 3.8) is 0 Å². The minimum Gasteiger partial charge on any atom is -0.369 e. The topological polar surface area (TPSA) is 37.8 Å². The molecule has 1 aliphatic heterocycles. The van der Waals surface area contributed by atoms with Crippen LogP contribution in [0.2, 0.25) is 0 Å². The zero-order valence-electron chi connectivity index (χ0n) is 6.38. The quantitative estimate of drug-likeness (QED) is 0.602.